The van der Waals surface area contributed by atoms with Crippen molar-refractivity contribution in [2.45, 2.75) is 20.1 Å². The van der Waals surface area contributed by atoms with E-state index in [2.05, 4.69) is 16.0 Å². The minimum absolute atomic E-state index is 0.523. The first-order valence-corrected chi connectivity index (χ1v) is 5.54. The van der Waals surface area contributed by atoms with Crippen LogP contribution >= 0.6 is 0 Å². The Balaban J connectivity index is 2.13. The van der Waals surface area contributed by atoms with Gasteiger partial charge in [-0.05, 0) is 13.0 Å². The van der Waals surface area contributed by atoms with E-state index in [1.54, 1.807) is 0 Å². The molecule has 4 nitrogen and oxygen atoms in total. The highest BCUT2D eigenvalue weighted by atomic mass is 16.5. The number of hydrogen-bond donors (Lipinski definition) is 1. The molecule has 86 valence electrons. The number of rotatable bonds is 1. The summed E-state index contributed by atoms with van der Waals surface area (Å²) < 4.78 is 5.33. The molecule has 3 rings (SSSR count). The van der Waals surface area contributed by atoms with Gasteiger partial charge in [0.05, 0.1) is 18.9 Å². The van der Waals surface area contributed by atoms with E-state index in [1.807, 2.05) is 25.1 Å². The maximum absolute atomic E-state index is 5.92. The number of nitrogen functional groups attached to an aromatic ring is 1. The Morgan fingerprint density at radius 2 is 2.12 bits per heavy atom. The Labute approximate surface area is 99.5 Å². The third-order valence-corrected chi connectivity index (χ3v) is 2.89. The zero-order valence-electron chi connectivity index (χ0n) is 9.60. The van der Waals surface area contributed by atoms with Gasteiger partial charge in [-0.2, -0.15) is 0 Å². The Morgan fingerprint density at radius 1 is 1.24 bits per heavy atom. The first-order chi connectivity index (χ1) is 8.24. The third kappa shape index (κ3) is 1.76. The summed E-state index contributed by atoms with van der Waals surface area (Å²) in [5, 5.41) is 0. The molecule has 0 spiro atoms. The smallest absolute Gasteiger partial charge is 0.161 e. The lowest BCUT2D eigenvalue weighted by molar-refractivity contribution is 0.133. The Bertz CT molecular complexity index is 581. The van der Waals surface area contributed by atoms with Gasteiger partial charge in [0, 0.05) is 11.1 Å². The van der Waals surface area contributed by atoms with Crippen LogP contribution in [0.15, 0.2) is 24.3 Å². The summed E-state index contributed by atoms with van der Waals surface area (Å²) >= 11 is 0. The van der Waals surface area contributed by atoms with Crippen molar-refractivity contribution in [1.82, 2.24) is 9.97 Å². The number of nitrogens with zero attached hydrogens (tertiary/aromatic N) is 2. The van der Waals surface area contributed by atoms with Crippen LogP contribution in [0.3, 0.4) is 0 Å². The minimum atomic E-state index is 0.523. The van der Waals surface area contributed by atoms with Crippen molar-refractivity contribution in [3.05, 3.63) is 41.1 Å². The second-order valence-corrected chi connectivity index (χ2v) is 4.22. The molecule has 0 amide bonds. The Hall–Kier alpha value is -1.94. The molecule has 0 saturated heterocycles. The second kappa shape index (κ2) is 3.82. The standard InChI is InChI=1S/C13H13N3O/c1-8-3-2-4-9(5-8)13-15-11-7-17-6-10(11)12(14)16-13/h2-5H,6-7H2,1H3,(H2,14,15,16). The van der Waals surface area contributed by atoms with Gasteiger partial charge in [0.25, 0.3) is 0 Å². The number of hydrogen-bond acceptors (Lipinski definition) is 4. The quantitative estimate of drug-likeness (QED) is 0.810. The van der Waals surface area contributed by atoms with Gasteiger partial charge in [0.2, 0.25) is 0 Å². The summed E-state index contributed by atoms with van der Waals surface area (Å²) in [7, 11) is 0. The molecular formula is C13H13N3O. The van der Waals surface area contributed by atoms with Crippen molar-refractivity contribution in [1.29, 1.82) is 0 Å². The van der Waals surface area contributed by atoms with Crippen LogP contribution in [0, 0.1) is 6.92 Å². The predicted molar refractivity (Wildman–Crippen MR) is 65.1 cm³/mol. The maximum atomic E-state index is 5.92. The van der Waals surface area contributed by atoms with E-state index >= 15 is 0 Å². The van der Waals surface area contributed by atoms with Gasteiger partial charge in [-0.25, -0.2) is 9.97 Å². The summed E-state index contributed by atoms with van der Waals surface area (Å²) in [5.41, 5.74) is 9.93. The monoisotopic (exact) mass is 227 g/mol. The average molecular weight is 227 g/mol. The van der Waals surface area contributed by atoms with Crippen LogP contribution in [-0.2, 0) is 18.0 Å². The van der Waals surface area contributed by atoms with Gasteiger partial charge in [-0.3, -0.25) is 0 Å². The molecule has 1 aliphatic rings. The molecule has 2 heterocycles. The van der Waals surface area contributed by atoms with E-state index in [9.17, 15) is 0 Å². The second-order valence-electron chi connectivity index (χ2n) is 4.22. The fraction of sp³-hybridized carbons (Fsp3) is 0.231. The predicted octanol–water partition coefficient (Wildman–Crippen LogP) is 2.06. The lowest BCUT2D eigenvalue weighted by Crippen LogP contribution is -2.02. The zero-order valence-corrected chi connectivity index (χ0v) is 9.60. The number of benzene rings is 1. The van der Waals surface area contributed by atoms with Crippen molar-refractivity contribution < 1.29 is 4.74 Å². The number of nitrogens with two attached hydrogens (primary N) is 1. The molecule has 2 aromatic rings. The summed E-state index contributed by atoms with van der Waals surface area (Å²) in [6, 6.07) is 8.08. The molecule has 0 saturated carbocycles. The van der Waals surface area contributed by atoms with Crippen LogP contribution < -0.4 is 5.73 Å². The fourth-order valence-corrected chi connectivity index (χ4v) is 1.99. The normalized spacial score (nSPS) is 13.7. The van der Waals surface area contributed by atoms with E-state index in [0.29, 0.717) is 24.9 Å². The molecule has 0 unspecified atom stereocenters. The molecule has 1 aromatic heterocycles. The molecule has 2 N–H and O–H groups in total. The van der Waals surface area contributed by atoms with Crippen LogP contribution in [0.4, 0.5) is 5.82 Å². The zero-order chi connectivity index (χ0) is 11.8. The minimum Gasteiger partial charge on any atom is -0.383 e. The number of aromatic nitrogens is 2. The summed E-state index contributed by atoms with van der Waals surface area (Å²) in [4.78, 5) is 8.85. The van der Waals surface area contributed by atoms with Gasteiger partial charge in [0.1, 0.15) is 5.82 Å². The molecule has 1 aromatic carbocycles. The third-order valence-electron chi connectivity index (χ3n) is 2.89. The van der Waals surface area contributed by atoms with Crippen molar-refractivity contribution in [2.24, 2.45) is 0 Å². The van der Waals surface area contributed by atoms with Crippen molar-refractivity contribution in [3.63, 3.8) is 0 Å². The van der Waals surface area contributed by atoms with Crippen molar-refractivity contribution in [2.75, 3.05) is 5.73 Å². The lowest BCUT2D eigenvalue weighted by Gasteiger charge is -2.06. The Kier molecular flexibility index (Phi) is 2.30. The van der Waals surface area contributed by atoms with E-state index in [-0.39, 0.29) is 0 Å². The lowest BCUT2D eigenvalue weighted by atomic mass is 10.1. The molecule has 0 radical (unpaired) electrons. The molecule has 4 heteroatoms. The van der Waals surface area contributed by atoms with Gasteiger partial charge < -0.3 is 10.5 Å². The molecular weight excluding hydrogens is 214 g/mol. The van der Waals surface area contributed by atoms with Crippen molar-refractivity contribution >= 4 is 5.82 Å². The molecule has 0 atom stereocenters. The molecule has 0 aliphatic carbocycles. The highest BCUT2D eigenvalue weighted by molar-refractivity contribution is 5.59. The van der Waals surface area contributed by atoms with Crippen molar-refractivity contribution in [3.8, 4) is 11.4 Å². The van der Waals surface area contributed by atoms with Gasteiger partial charge in [-0.15, -0.1) is 0 Å². The number of ether oxygens (including phenoxy) is 1. The van der Waals surface area contributed by atoms with E-state index in [0.717, 1.165) is 16.8 Å². The summed E-state index contributed by atoms with van der Waals surface area (Å²) in [6.45, 7) is 3.10. The Morgan fingerprint density at radius 3 is 2.94 bits per heavy atom. The van der Waals surface area contributed by atoms with Crippen LogP contribution in [0.2, 0.25) is 0 Å². The molecule has 0 bridgehead atoms. The highest BCUT2D eigenvalue weighted by Gasteiger charge is 2.18. The largest absolute Gasteiger partial charge is 0.383 e. The van der Waals surface area contributed by atoms with Gasteiger partial charge in [0.15, 0.2) is 5.82 Å². The average Bonchev–Trinajstić information content (AvgIpc) is 2.77. The molecule has 0 fully saturated rings. The van der Waals surface area contributed by atoms with Crippen LogP contribution in [-0.4, -0.2) is 9.97 Å². The van der Waals surface area contributed by atoms with Crippen LogP contribution in [0.25, 0.3) is 11.4 Å². The van der Waals surface area contributed by atoms with E-state index in [4.69, 9.17) is 10.5 Å². The number of anilines is 1. The molecule has 1 aliphatic heterocycles. The van der Waals surface area contributed by atoms with E-state index < -0.39 is 0 Å². The maximum Gasteiger partial charge on any atom is 0.161 e. The van der Waals surface area contributed by atoms with E-state index in [1.165, 1.54) is 5.56 Å². The fourth-order valence-electron chi connectivity index (χ4n) is 1.99. The van der Waals surface area contributed by atoms with Crippen LogP contribution in [0.1, 0.15) is 16.8 Å². The first kappa shape index (κ1) is 10.2. The van der Waals surface area contributed by atoms with Gasteiger partial charge >= 0.3 is 0 Å². The van der Waals surface area contributed by atoms with Crippen LogP contribution in [0.5, 0.6) is 0 Å². The topological polar surface area (TPSA) is 61.0 Å². The summed E-state index contributed by atoms with van der Waals surface area (Å²) in [5.74, 6) is 1.21. The first-order valence-electron chi connectivity index (χ1n) is 5.54. The highest BCUT2D eigenvalue weighted by Crippen LogP contribution is 2.26. The molecule has 17 heavy (non-hydrogen) atoms. The SMILES string of the molecule is Cc1cccc(-c2nc(N)c3c(n2)COC3)c1. The number of aryl methyl sites for hydroxylation is 1. The van der Waals surface area contributed by atoms with Gasteiger partial charge in [-0.1, -0.05) is 23.8 Å². The summed E-state index contributed by atoms with van der Waals surface area (Å²) in [6.07, 6.45) is 0. The number of fused-ring (bicyclic) bond motifs is 1.